The van der Waals surface area contributed by atoms with Crippen LogP contribution in [-0.2, 0) is 19.2 Å². The number of carbonyl (C=O) groups is 3. The number of likely N-dealkylation sites (tertiary alicyclic amines) is 1. The van der Waals surface area contributed by atoms with Crippen molar-refractivity contribution < 1.29 is 19.2 Å². The molecule has 3 atom stereocenters. The van der Waals surface area contributed by atoms with Crippen LogP contribution in [0.1, 0.15) is 54.8 Å². The van der Waals surface area contributed by atoms with Crippen LogP contribution in [0.15, 0.2) is 18.2 Å². The number of hydroxylamine groups is 2. The molecule has 3 aliphatic rings. The number of nitrogens with two attached hydrogens (primary N) is 1. The van der Waals surface area contributed by atoms with E-state index in [1.165, 1.54) is 9.96 Å². The highest BCUT2D eigenvalue weighted by Gasteiger charge is 2.60. The number of carbonyl (C=O) groups excluding carboxylic acids is 3. The molecule has 2 saturated heterocycles. The van der Waals surface area contributed by atoms with Gasteiger partial charge >= 0.3 is 0 Å². The number of nitrogens with zero attached hydrogens (tertiary/aromatic N) is 2. The summed E-state index contributed by atoms with van der Waals surface area (Å²) in [6.07, 6.45) is 4.05. The van der Waals surface area contributed by atoms with Crippen molar-refractivity contribution in [3.63, 3.8) is 0 Å². The second kappa shape index (κ2) is 7.29. The average molecular weight is 385 g/mol. The predicted octanol–water partition coefficient (Wildman–Crippen LogP) is 1.76. The van der Waals surface area contributed by atoms with E-state index in [-0.39, 0.29) is 24.4 Å². The maximum atomic E-state index is 13.4. The molecular formula is C21H27N3O4. The van der Waals surface area contributed by atoms with Crippen molar-refractivity contribution in [2.75, 3.05) is 6.54 Å². The van der Waals surface area contributed by atoms with Gasteiger partial charge in [-0.15, -0.1) is 0 Å². The third-order valence-corrected chi connectivity index (χ3v) is 6.07. The van der Waals surface area contributed by atoms with Crippen molar-refractivity contribution >= 4 is 17.7 Å². The fourth-order valence-corrected chi connectivity index (χ4v) is 5.03. The molecule has 1 aromatic carbocycles. The summed E-state index contributed by atoms with van der Waals surface area (Å²) in [5.74, 6) is -1.66. The van der Waals surface area contributed by atoms with Crippen LogP contribution >= 0.6 is 0 Å². The summed E-state index contributed by atoms with van der Waals surface area (Å²) < 4.78 is 0. The molecule has 1 aromatic rings. The predicted molar refractivity (Wildman–Crippen MR) is 102 cm³/mol. The lowest BCUT2D eigenvalue weighted by molar-refractivity contribution is -0.183. The zero-order chi connectivity index (χ0) is 20.0. The van der Waals surface area contributed by atoms with Gasteiger partial charge in [0.25, 0.3) is 5.91 Å². The molecule has 3 fully saturated rings. The van der Waals surface area contributed by atoms with Gasteiger partial charge in [0.15, 0.2) is 6.10 Å². The first-order valence-electron chi connectivity index (χ1n) is 10.0. The van der Waals surface area contributed by atoms with Gasteiger partial charge in [0.1, 0.15) is 6.54 Å². The van der Waals surface area contributed by atoms with Crippen molar-refractivity contribution in [3.05, 3.63) is 34.9 Å². The smallest absolute Gasteiger partial charge is 0.261 e. The standard InChI is InChI=1S/C21H27N3O4/c1-12-8-13(2)10-14(9-12)18-17-19(28-23(18)11-16(22)25)21(27)24(20(17)26)15-6-4-3-5-7-15/h8-10,15,17-19H,3-7,11H2,1-2H3,(H2,22,25). The molecule has 0 radical (unpaired) electrons. The summed E-state index contributed by atoms with van der Waals surface area (Å²) >= 11 is 0. The first-order valence-corrected chi connectivity index (χ1v) is 10.0. The van der Waals surface area contributed by atoms with E-state index in [1.54, 1.807) is 0 Å². The molecule has 7 nitrogen and oxygen atoms in total. The molecule has 28 heavy (non-hydrogen) atoms. The molecule has 150 valence electrons. The summed E-state index contributed by atoms with van der Waals surface area (Å²) in [4.78, 5) is 45.3. The van der Waals surface area contributed by atoms with Crippen LogP contribution in [0.25, 0.3) is 0 Å². The molecule has 0 bridgehead atoms. The van der Waals surface area contributed by atoms with Crippen molar-refractivity contribution in [2.24, 2.45) is 11.7 Å². The maximum absolute atomic E-state index is 13.4. The molecule has 4 rings (SSSR count). The topological polar surface area (TPSA) is 92.9 Å². The lowest BCUT2D eigenvalue weighted by Crippen LogP contribution is -2.45. The zero-order valence-corrected chi connectivity index (χ0v) is 16.4. The number of hydrogen-bond donors (Lipinski definition) is 1. The van der Waals surface area contributed by atoms with Gasteiger partial charge in [0.2, 0.25) is 11.8 Å². The van der Waals surface area contributed by atoms with E-state index < -0.39 is 24.0 Å². The van der Waals surface area contributed by atoms with E-state index in [9.17, 15) is 14.4 Å². The SMILES string of the molecule is Cc1cc(C)cc(C2C3C(=O)N(C4CCCCC4)C(=O)C3ON2CC(N)=O)c1. The summed E-state index contributed by atoms with van der Waals surface area (Å²) in [6.45, 7) is 3.81. The highest BCUT2D eigenvalue weighted by atomic mass is 16.7. The van der Waals surface area contributed by atoms with Gasteiger partial charge in [-0.1, -0.05) is 48.6 Å². The third kappa shape index (κ3) is 3.22. The number of fused-ring (bicyclic) bond motifs is 1. The number of amides is 3. The number of aryl methyl sites for hydroxylation is 2. The number of benzene rings is 1. The molecule has 3 unspecified atom stereocenters. The van der Waals surface area contributed by atoms with Crippen molar-refractivity contribution in [3.8, 4) is 0 Å². The molecule has 2 N–H and O–H groups in total. The molecule has 0 spiro atoms. The van der Waals surface area contributed by atoms with Crippen LogP contribution in [0.5, 0.6) is 0 Å². The Bertz CT molecular complexity index is 798. The second-order valence-electron chi connectivity index (χ2n) is 8.30. The van der Waals surface area contributed by atoms with Gasteiger partial charge in [-0.25, -0.2) is 0 Å². The minimum Gasteiger partial charge on any atom is -0.368 e. The number of rotatable bonds is 4. The monoisotopic (exact) mass is 385 g/mol. The Morgan fingerprint density at radius 3 is 2.32 bits per heavy atom. The first kappa shape index (κ1) is 19.1. The van der Waals surface area contributed by atoms with Gasteiger partial charge < -0.3 is 5.73 Å². The first-order chi connectivity index (χ1) is 13.4. The van der Waals surface area contributed by atoms with Crippen LogP contribution in [0, 0.1) is 19.8 Å². The molecule has 1 saturated carbocycles. The summed E-state index contributed by atoms with van der Waals surface area (Å²) in [6, 6.07) is 5.48. The van der Waals surface area contributed by atoms with Crippen molar-refractivity contribution in [1.82, 2.24) is 9.96 Å². The van der Waals surface area contributed by atoms with Gasteiger partial charge in [-0.2, -0.15) is 5.06 Å². The van der Waals surface area contributed by atoms with E-state index in [2.05, 4.69) is 0 Å². The molecule has 1 aliphatic carbocycles. The number of primary amides is 1. The summed E-state index contributed by atoms with van der Waals surface area (Å²) in [7, 11) is 0. The normalized spacial score (nSPS) is 28.8. The minimum absolute atomic E-state index is 0.0348. The van der Waals surface area contributed by atoms with E-state index in [0.717, 1.165) is 48.8 Å². The maximum Gasteiger partial charge on any atom is 0.261 e. The van der Waals surface area contributed by atoms with Crippen LogP contribution < -0.4 is 5.73 Å². The third-order valence-electron chi connectivity index (χ3n) is 6.07. The van der Waals surface area contributed by atoms with Gasteiger partial charge in [0, 0.05) is 6.04 Å². The quantitative estimate of drug-likeness (QED) is 0.798. The fraction of sp³-hybridized carbons (Fsp3) is 0.571. The summed E-state index contributed by atoms with van der Waals surface area (Å²) in [5.41, 5.74) is 8.38. The molecule has 3 amide bonds. The summed E-state index contributed by atoms with van der Waals surface area (Å²) in [5, 5.41) is 1.43. The molecular weight excluding hydrogens is 358 g/mol. The largest absolute Gasteiger partial charge is 0.368 e. The average Bonchev–Trinajstić information content (AvgIpc) is 3.10. The Kier molecular flexibility index (Phi) is 4.97. The molecule has 7 heteroatoms. The number of imide groups is 1. The van der Waals surface area contributed by atoms with E-state index in [1.807, 2.05) is 32.0 Å². The lowest BCUT2D eigenvalue weighted by atomic mass is 9.89. The van der Waals surface area contributed by atoms with E-state index in [0.29, 0.717) is 0 Å². The van der Waals surface area contributed by atoms with Crippen molar-refractivity contribution in [2.45, 2.75) is 64.1 Å². The van der Waals surface area contributed by atoms with Crippen LogP contribution in [-0.4, -0.2) is 46.4 Å². The fourth-order valence-electron chi connectivity index (χ4n) is 5.03. The Morgan fingerprint density at radius 1 is 1.07 bits per heavy atom. The highest BCUT2D eigenvalue weighted by Crippen LogP contribution is 2.46. The number of hydrogen-bond acceptors (Lipinski definition) is 5. The molecule has 0 aromatic heterocycles. The Labute approximate surface area is 164 Å². The zero-order valence-electron chi connectivity index (χ0n) is 16.4. The minimum atomic E-state index is -0.875. The Balaban J connectivity index is 1.70. The molecule has 2 heterocycles. The van der Waals surface area contributed by atoms with Crippen LogP contribution in [0.3, 0.4) is 0 Å². The molecule has 2 aliphatic heterocycles. The Hall–Kier alpha value is -2.25. The van der Waals surface area contributed by atoms with Crippen LogP contribution in [0.4, 0.5) is 0 Å². The van der Waals surface area contributed by atoms with Crippen molar-refractivity contribution in [1.29, 1.82) is 0 Å². The van der Waals surface area contributed by atoms with Gasteiger partial charge in [0.05, 0.1) is 12.0 Å². The van der Waals surface area contributed by atoms with Gasteiger partial charge in [-0.3, -0.25) is 24.1 Å². The van der Waals surface area contributed by atoms with E-state index >= 15 is 0 Å². The highest BCUT2D eigenvalue weighted by molar-refractivity contribution is 6.07. The Morgan fingerprint density at radius 2 is 1.71 bits per heavy atom. The van der Waals surface area contributed by atoms with Gasteiger partial charge in [-0.05, 0) is 32.3 Å². The van der Waals surface area contributed by atoms with Crippen LogP contribution in [0.2, 0.25) is 0 Å². The lowest BCUT2D eigenvalue weighted by Gasteiger charge is -2.32. The second-order valence-corrected chi connectivity index (χ2v) is 8.30. The van der Waals surface area contributed by atoms with E-state index in [4.69, 9.17) is 10.6 Å².